The minimum Gasteiger partial charge on any atom is -0.484 e. The van der Waals surface area contributed by atoms with Gasteiger partial charge in [0.15, 0.2) is 6.61 Å². The van der Waals surface area contributed by atoms with Gasteiger partial charge in [0.25, 0.3) is 11.6 Å². The van der Waals surface area contributed by atoms with Gasteiger partial charge in [-0.15, -0.1) is 23.5 Å². The monoisotopic (exact) mass is 468 g/mol. The van der Waals surface area contributed by atoms with Gasteiger partial charge in [0.1, 0.15) is 5.75 Å². The molecule has 3 aromatic rings. The fourth-order valence-electron chi connectivity index (χ4n) is 3.11. The molecule has 1 fully saturated rings. The van der Waals surface area contributed by atoms with Crippen LogP contribution < -0.4 is 10.2 Å². The van der Waals surface area contributed by atoms with E-state index in [0.29, 0.717) is 21.7 Å². The van der Waals surface area contributed by atoms with Crippen LogP contribution >= 0.6 is 23.5 Å². The quantitative estimate of drug-likeness (QED) is 0.299. The molecule has 0 bridgehead atoms. The lowest BCUT2D eigenvalue weighted by atomic mass is 10.2. The summed E-state index contributed by atoms with van der Waals surface area (Å²) in [4.78, 5) is 22.6. The number of nitrogens with one attached hydrogen (secondary N) is 1. The van der Waals surface area contributed by atoms with Gasteiger partial charge in [0.05, 0.1) is 27.1 Å². The molecule has 0 spiro atoms. The summed E-state index contributed by atoms with van der Waals surface area (Å²) in [6.45, 7) is -0.157. The van der Waals surface area contributed by atoms with Crippen LogP contribution in [0, 0.1) is 10.1 Å². The molecule has 1 amide bonds. The SMILES string of the molecule is O=C(COc1ccc(C2SCCS2)cc1)N/N=C\c1cccn1-c1cccc([N+](=O)[O-])c1. The Bertz CT molecular complexity index is 1120. The number of amides is 1. The van der Waals surface area contributed by atoms with E-state index in [1.807, 2.05) is 47.8 Å². The van der Waals surface area contributed by atoms with Crippen LogP contribution in [0.3, 0.4) is 0 Å². The largest absolute Gasteiger partial charge is 0.484 e. The summed E-state index contributed by atoms with van der Waals surface area (Å²) in [5, 5.41) is 15.0. The lowest BCUT2D eigenvalue weighted by Crippen LogP contribution is -2.24. The zero-order valence-corrected chi connectivity index (χ0v) is 18.6. The molecule has 2 heterocycles. The van der Waals surface area contributed by atoms with Crippen LogP contribution in [0.25, 0.3) is 5.69 Å². The summed E-state index contributed by atoms with van der Waals surface area (Å²) in [5.74, 6) is 2.58. The highest BCUT2D eigenvalue weighted by molar-refractivity contribution is 8.19. The second-order valence-electron chi connectivity index (χ2n) is 6.80. The number of nitro groups is 1. The molecule has 1 aliphatic rings. The van der Waals surface area contributed by atoms with Crippen molar-refractivity contribution in [2.75, 3.05) is 18.1 Å². The summed E-state index contributed by atoms with van der Waals surface area (Å²) in [6, 6.07) is 17.7. The maximum Gasteiger partial charge on any atom is 0.277 e. The molecule has 4 rings (SSSR count). The normalized spacial score (nSPS) is 14.0. The molecule has 164 valence electrons. The minimum atomic E-state index is -0.443. The summed E-state index contributed by atoms with van der Waals surface area (Å²) in [5.41, 5.74) is 4.97. The molecule has 0 aliphatic carbocycles. The lowest BCUT2D eigenvalue weighted by molar-refractivity contribution is -0.384. The van der Waals surface area contributed by atoms with E-state index in [2.05, 4.69) is 10.5 Å². The number of benzene rings is 2. The van der Waals surface area contributed by atoms with Gasteiger partial charge in [-0.05, 0) is 35.9 Å². The first-order chi connectivity index (χ1) is 15.6. The summed E-state index contributed by atoms with van der Waals surface area (Å²) in [7, 11) is 0. The Balaban J connectivity index is 1.30. The minimum absolute atomic E-state index is 0.00155. The molecule has 0 atom stereocenters. The fourth-order valence-corrected chi connectivity index (χ4v) is 5.97. The molecule has 0 unspecified atom stereocenters. The third-order valence-corrected chi connectivity index (χ3v) is 7.73. The Hall–Kier alpha value is -3.24. The van der Waals surface area contributed by atoms with E-state index in [1.54, 1.807) is 35.0 Å². The number of thioether (sulfide) groups is 2. The molecule has 1 N–H and O–H groups in total. The van der Waals surface area contributed by atoms with Crippen molar-refractivity contribution in [3.63, 3.8) is 0 Å². The highest BCUT2D eigenvalue weighted by Crippen LogP contribution is 2.45. The zero-order valence-electron chi connectivity index (χ0n) is 16.9. The predicted molar refractivity (Wildman–Crippen MR) is 128 cm³/mol. The van der Waals surface area contributed by atoms with Crippen LogP contribution in [0.5, 0.6) is 5.75 Å². The van der Waals surface area contributed by atoms with Gasteiger partial charge < -0.3 is 9.30 Å². The van der Waals surface area contributed by atoms with Gasteiger partial charge >= 0.3 is 0 Å². The zero-order chi connectivity index (χ0) is 22.3. The highest BCUT2D eigenvalue weighted by atomic mass is 32.2. The topological polar surface area (TPSA) is 98.8 Å². The van der Waals surface area contributed by atoms with Crippen LogP contribution in [0.4, 0.5) is 5.69 Å². The van der Waals surface area contributed by atoms with Gasteiger partial charge in [0.2, 0.25) is 0 Å². The van der Waals surface area contributed by atoms with Crippen LogP contribution in [0.15, 0.2) is 72.0 Å². The summed E-state index contributed by atoms with van der Waals surface area (Å²) >= 11 is 3.88. The molecule has 0 saturated carbocycles. The Morgan fingerprint density at radius 1 is 1.19 bits per heavy atom. The first-order valence-electron chi connectivity index (χ1n) is 9.80. The molecule has 32 heavy (non-hydrogen) atoms. The molecule has 1 aromatic heterocycles. The third-order valence-electron chi connectivity index (χ3n) is 4.63. The van der Waals surface area contributed by atoms with E-state index in [0.717, 1.165) is 0 Å². The van der Waals surface area contributed by atoms with Crippen molar-refractivity contribution in [1.29, 1.82) is 0 Å². The standard InChI is InChI=1S/C22H20N4O4S2/c27-21(15-30-20-8-6-16(7-9-20)22-31-11-12-32-22)24-23-14-19-5-2-10-25(19)17-3-1-4-18(13-17)26(28)29/h1-10,13-14,22H,11-12,15H2,(H,24,27)/b23-14-. The number of carbonyl (C=O) groups is 1. The number of carbonyl (C=O) groups excluding carboxylic acids is 1. The number of non-ortho nitro benzene ring substituents is 1. The Labute approximate surface area is 193 Å². The van der Waals surface area contributed by atoms with Crippen molar-refractivity contribution in [2.24, 2.45) is 5.10 Å². The van der Waals surface area contributed by atoms with Gasteiger partial charge in [-0.1, -0.05) is 18.2 Å². The average Bonchev–Trinajstić information content (AvgIpc) is 3.51. The molecule has 10 heteroatoms. The van der Waals surface area contributed by atoms with E-state index in [1.165, 1.54) is 35.4 Å². The molecule has 8 nitrogen and oxygen atoms in total. The summed E-state index contributed by atoms with van der Waals surface area (Å²) < 4.78 is 7.75. The molecular weight excluding hydrogens is 448 g/mol. The fraction of sp³-hybridized carbons (Fsp3) is 0.182. The van der Waals surface area contributed by atoms with E-state index in [9.17, 15) is 14.9 Å². The number of hydrogen-bond acceptors (Lipinski definition) is 7. The number of ether oxygens (including phenoxy) is 1. The molecular formula is C22H20N4O4S2. The van der Waals surface area contributed by atoms with Crippen LogP contribution in [0.2, 0.25) is 0 Å². The maximum atomic E-state index is 12.1. The molecule has 0 radical (unpaired) electrons. The van der Waals surface area contributed by atoms with Crippen LogP contribution in [-0.4, -0.2) is 39.7 Å². The van der Waals surface area contributed by atoms with Crippen molar-refractivity contribution < 1.29 is 14.5 Å². The first-order valence-corrected chi connectivity index (χ1v) is 11.9. The van der Waals surface area contributed by atoms with E-state index in [-0.39, 0.29) is 18.2 Å². The Morgan fingerprint density at radius 3 is 2.72 bits per heavy atom. The predicted octanol–water partition coefficient (Wildman–Crippen LogP) is 4.39. The average molecular weight is 469 g/mol. The molecule has 1 aliphatic heterocycles. The number of nitro benzene ring substituents is 1. The highest BCUT2D eigenvalue weighted by Gasteiger charge is 2.18. The number of hydrogen-bond donors (Lipinski definition) is 1. The molecule has 1 saturated heterocycles. The maximum absolute atomic E-state index is 12.1. The Morgan fingerprint density at radius 2 is 1.97 bits per heavy atom. The second-order valence-corrected chi connectivity index (χ2v) is 9.53. The van der Waals surface area contributed by atoms with Gasteiger partial charge in [-0.2, -0.15) is 5.10 Å². The lowest BCUT2D eigenvalue weighted by Gasteiger charge is -2.10. The summed E-state index contributed by atoms with van der Waals surface area (Å²) in [6.07, 6.45) is 3.24. The third kappa shape index (κ3) is 5.51. The number of nitrogens with zero attached hydrogens (tertiary/aromatic N) is 3. The van der Waals surface area contributed by atoms with Gasteiger partial charge in [-0.25, -0.2) is 5.43 Å². The van der Waals surface area contributed by atoms with Crippen molar-refractivity contribution in [3.05, 3.63) is 88.2 Å². The number of hydrazone groups is 1. The van der Waals surface area contributed by atoms with E-state index < -0.39 is 4.92 Å². The van der Waals surface area contributed by atoms with Crippen LogP contribution in [0.1, 0.15) is 15.8 Å². The van der Waals surface area contributed by atoms with Crippen molar-refractivity contribution >= 4 is 41.3 Å². The smallest absolute Gasteiger partial charge is 0.277 e. The van der Waals surface area contributed by atoms with E-state index >= 15 is 0 Å². The van der Waals surface area contributed by atoms with Crippen molar-refractivity contribution in [1.82, 2.24) is 9.99 Å². The van der Waals surface area contributed by atoms with Crippen molar-refractivity contribution in [3.8, 4) is 11.4 Å². The van der Waals surface area contributed by atoms with Gasteiger partial charge in [-0.3, -0.25) is 14.9 Å². The van der Waals surface area contributed by atoms with E-state index in [4.69, 9.17) is 4.74 Å². The van der Waals surface area contributed by atoms with Crippen molar-refractivity contribution in [2.45, 2.75) is 4.58 Å². The second kappa shape index (κ2) is 10.4. The molecule has 2 aromatic carbocycles. The Kier molecular flexibility index (Phi) is 7.13. The number of rotatable bonds is 8. The van der Waals surface area contributed by atoms with Gasteiger partial charge in [0, 0.05) is 29.8 Å². The van der Waals surface area contributed by atoms with Crippen LogP contribution in [-0.2, 0) is 4.79 Å². The first kappa shape index (κ1) is 22.0. The number of aromatic nitrogens is 1.